The third-order valence-electron chi connectivity index (χ3n) is 5.32. The number of amides is 3. The topological polar surface area (TPSA) is 109 Å². The monoisotopic (exact) mass is 476 g/mol. The molecular formula is C23H32N4O5S. The molecule has 0 saturated carbocycles. The zero-order chi connectivity index (χ0) is 23.5. The number of methoxy groups -OCH3 is 1. The van der Waals surface area contributed by atoms with Crippen LogP contribution in [0.25, 0.3) is 0 Å². The second kappa shape index (κ2) is 13.3. The molecule has 0 radical (unpaired) electrons. The number of ether oxygens (including phenoxy) is 2. The lowest BCUT2D eigenvalue weighted by Gasteiger charge is -2.27. The second-order valence-corrected chi connectivity index (χ2v) is 9.10. The highest BCUT2D eigenvalue weighted by Crippen LogP contribution is 2.29. The normalized spacial score (nSPS) is 18.2. The van der Waals surface area contributed by atoms with E-state index in [0.717, 1.165) is 31.1 Å². The van der Waals surface area contributed by atoms with Crippen molar-refractivity contribution in [1.82, 2.24) is 10.2 Å². The molecule has 0 bridgehead atoms. The number of nitrogens with one attached hydrogen (secondary N) is 2. The van der Waals surface area contributed by atoms with Gasteiger partial charge in [0.05, 0.1) is 13.2 Å². The first-order valence-electron chi connectivity index (χ1n) is 11.4. The Hall–Kier alpha value is -2.43. The van der Waals surface area contributed by atoms with E-state index < -0.39 is 5.25 Å². The van der Waals surface area contributed by atoms with Crippen molar-refractivity contribution in [2.45, 2.75) is 37.4 Å². The van der Waals surface area contributed by atoms with Crippen molar-refractivity contribution < 1.29 is 23.9 Å². The molecule has 0 aromatic heterocycles. The van der Waals surface area contributed by atoms with E-state index in [1.54, 1.807) is 31.4 Å². The zero-order valence-electron chi connectivity index (χ0n) is 19.0. The molecular weight excluding hydrogens is 444 g/mol. The van der Waals surface area contributed by atoms with Crippen LogP contribution in [0.4, 0.5) is 5.69 Å². The van der Waals surface area contributed by atoms with Gasteiger partial charge in [0.1, 0.15) is 5.25 Å². The molecule has 2 aliphatic rings. The van der Waals surface area contributed by atoms with Crippen LogP contribution in [0, 0.1) is 0 Å². The van der Waals surface area contributed by atoms with E-state index in [9.17, 15) is 14.4 Å². The third kappa shape index (κ3) is 8.13. The van der Waals surface area contributed by atoms with Crippen molar-refractivity contribution in [3.8, 4) is 0 Å². The molecule has 0 aliphatic carbocycles. The Labute approximate surface area is 198 Å². The molecule has 1 fully saturated rings. The van der Waals surface area contributed by atoms with Crippen molar-refractivity contribution in [2.75, 3.05) is 51.9 Å². The Bertz CT molecular complexity index is 857. The van der Waals surface area contributed by atoms with Crippen LogP contribution in [0.15, 0.2) is 29.3 Å². The van der Waals surface area contributed by atoms with Gasteiger partial charge >= 0.3 is 0 Å². The van der Waals surface area contributed by atoms with Crippen LogP contribution >= 0.6 is 11.8 Å². The lowest BCUT2D eigenvalue weighted by atomic mass is 10.1. The van der Waals surface area contributed by atoms with Crippen molar-refractivity contribution in [3.05, 3.63) is 29.8 Å². The van der Waals surface area contributed by atoms with E-state index in [1.807, 2.05) is 0 Å². The summed E-state index contributed by atoms with van der Waals surface area (Å²) in [5.74, 6) is -0.749. The Kier molecular flexibility index (Phi) is 10.2. The maximum atomic E-state index is 12.5. The number of likely N-dealkylation sites (tertiary alicyclic amines) is 1. The molecule has 1 saturated heterocycles. The van der Waals surface area contributed by atoms with Gasteiger partial charge in [-0.3, -0.25) is 14.4 Å². The number of amidine groups is 1. The summed E-state index contributed by atoms with van der Waals surface area (Å²) in [5.41, 5.74) is 0.971. The van der Waals surface area contributed by atoms with E-state index in [1.165, 1.54) is 18.2 Å². The van der Waals surface area contributed by atoms with Crippen LogP contribution in [0.2, 0.25) is 0 Å². The van der Waals surface area contributed by atoms with Gasteiger partial charge in [0.15, 0.2) is 5.17 Å². The van der Waals surface area contributed by atoms with E-state index in [0.29, 0.717) is 44.0 Å². The summed E-state index contributed by atoms with van der Waals surface area (Å²) in [6, 6.07) is 6.75. The molecule has 1 unspecified atom stereocenters. The maximum absolute atomic E-state index is 12.5. The minimum atomic E-state index is -0.500. The van der Waals surface area contributed by atoms with Crippen molar-refractivity contribution in [3.63, 3.8) is 0 Å². The molecule has 9 nitrogen and oxygen atoms in total. The highest BCUT2D eigenvalue weighted by atomic mass is 32.2. The van der Waals surface area contributed by atoms with E-state index in [4.69, 9.17) is 9.47 Å². The maximum Gasteiger partial charge on any atom is 0.262 e. The van der Waals surface area contributed by atoms with E-state index in [2.05, 4.69) is 20.5 Å². The average Bonchev–Trinajstić information content (AvgIpc) is 3.19. The standard InChI is InChI=1S/C23H32N4O5S/c1-31-13-14-32-12-6-9-24-21(29)17-7-5-8-18(15-17)25-20(28)16-19-22(30)26-23(33-19)27-10-3-2-4-11-27/h5,7-8,15,19H,2-4,6,9-14,16H2,1H3,(H,24,29)(H,25,28). The summed E-state index contributed by atoms with van der Waals surface area (Å²) in [5, 5.41) is 5.87. The number of piperidine rings is 1. The number of carbonyl (C=O) groups is 3. The Morgan fingerprint density at radius 2 is 2.00 bits per heavy atom. The number of thioether (sulfide) groups is 1. The molecule has 2 heterocycles. The summed E-state index contributed by atoms with van der Waals surface area (Å²) in [6.45, 7) is 3.93. The summed E-state index contributed by atoms with van der Waals surface area (Å²) in [7, 11) is 1.62. The first-order valence-corrected chi connectivity index (χ1v) is 12.2. The minimum Gasteiger partial charge on any atom is -0.382 e. The van der Waals surface area contributed by atoms with Gasteiger partial charge in [0.2, 0.25) is 5.91 Å². The Morgan fingerprint density at radius 3 is 2.79 bits per heavy atom. The van der Waals surface area contributed by atoms with Crippen molar-refractivity contribution in [2.24, 2.45) is 4.99 Å². The van der Waals surface area contributed by atoms with Crippen LogP contribution in [-0.4, -0.2) is 79.6 Å². The fourth-order valence-corrected chi connectivity index (χ4v) is 4.69. The first kappa shape index (κ1) is 25.2. The summed E-state index contributed by atoms with van der Waals surface area (Å²) in [4.78, 5) is 43.5. The molecule has 0 spiro atoms. The summed E-state index contributed by atoms with van der Waals surface area (Å²) >= 11 is 1.37. The fourth-order valence-electron chi connectivity index (χ4n) is 3.57. The molecule has 33 heavy (non-hydrogen) atoms. The minimum absolute atomic E-state index is 0.0455. The highest BCUT2D eigenvalue weighted by Gasteiger charge is 2.33. The SMILES string of the molecule is COCCOCCCNC(=O)c1cccc(NC(=O)CC2SC(N3CCCCC3)=NC2=O)c1. The van der Waals surface area contributed by atoms with Gasteiger partial charge in [0.25, 0.3) is 11.8 Å². The van der Waals surface area contributed by atoms with Crippen molar-refractivity contribution >= 4 is 40.3 Å². The molecule has 10 heteroatoms. The molecule has 3 rings (SSSR count). The van der Waals surface area contributed by atoms with Gasteiger partial charge in [-0.1, -0.05) is 17.8 Å². The van der Waals surface area contributed by atoms with Crippen LogP contribution in [0.1, 0.15) is 42.5 Å². The number of anilines is 1. The van der Waals surface area contributed by atoms with Gasteiger partial charge in [-0.15, -0.1) is 0 Å². The number of aliphatic imine (C=N–C) groups is 1. The number of rotatable bonds is 11. The van der Waals surface area contributed by atoms with E-state index >= 15 is 0 Å². The van der Waals surface area contributed by atoms with Crippen LogP contribution in [0.5, 0.6) is 0 Å². The van der Waals surface area contributed by atoms with Gasteiger partial charge in [0, 0.05) is 51.0 Å². The number of hydrogen-bond acceptors (Lipinski definition) is 7. The molecule has 2 aliphatic heterocycles. The first-order chi connectivity index (χ1) is 16.1. The number of benzene rings is 1. The second-order valence-electron chi connectivity index (χ2n) is 7.93. The molecule has 3 amide bonds. The lowest BCUT2D eigenvalue weighted by molar-refractivity contribution is -0.121. The van der Waals surface area contributed by atoms with Gasteiger partial charge in [-0.05, 0) is 43.9 Å². The number of nitrogens with zero attached hydrogens (tertiary/aromatic N) is 2. The van der Waals surface area contributed by atoms with E-state index in [-0.39, 0.29) is 24.1 Å². The predicted octanol–water partition coefficient (Wildman–Crippen LogP) is 2.28. The van der Waals surface area contributed by atoms with Crippen LogP contribution in [0.3, 0.4) is 0 Å². The summed E-state index contributed by atoms with van der Waals surface area (Å²) < 4.78 is 10.3. The molecule has 1 atom stereocenters. The van der Waals surface area contributed by atoms with Crippen molar-refractivity contribution in [1.29, 1.82) is 0 Å². The predicted molar refractivity (Wildman–Crippen MR) is 129 cm³/mol. The average molecular weight is 477 g/mol. The smallest absolute Gasteiger partial charge is 0.262 e. The number of hydrogen-bond donors (Lipinski definition) is 2. The quantitative estimate of drug-likeness (QED) is 0.472. The largest absolute Gasteiger partial charge is 0.382 e. The molecule has 1 aromatic carbocycles. The highest BCUT2D eigenvalue weighted by molar-refractivity contribution is 8.15. The molecule has 2 N–H and O–H groups in total. The Balaban J connectivity index is 1.42. The molecule has 1 aromatic rings. The van der Waals surface area contributed by atoms with Gasteiger partial charge in [-0.25, -0.2) is 0 Å². The lowest BCUT2D eigenvalue weighted by Crippen LogP contribution is -2.33. The van der Waals surface area contributed by atoms with Crippen LogP contribution in [-0.2, 0) is 19.1 Å². The zero-order valence-corrected chi connectivity index (χ0v) is 19.8. The third-order valence-corrected chi connectivity index (χ3v) is 6.53. The molecule has 180 valence electrons. The fraction of sp³-hybridized carbons (Fsp3) is 0.565. The van der Waals surface area contributed by atoms with Crippen LogP contribution < -0.4 is 10.6 Å². The van der Waals surface area contributed by atoms with Gasteiger partial charge < -0.3 is 25.0 Å². The number of carbonyl (C=O) groups excluding carboxylic acids is 3. The Morgan fingerprint density at radius 1 is 1.18 bits per heavy atom. The van der Waals surface area contributed by atoms with Gasteiger partial charge in [-0.2, -0.15) is 4.99 Å². The summed E-state index contributed by atoms with van der Waals surface area (Å²) in [6.07, 6.45) is 4.15.